The van der Waals surface area contributed by atoms with Crippen LogP contribution in [0, 0.1) is 0 Å². The van der Waals surface area contributed by atoms with Gasteiger partial charge in [-0.05, 0) is 0 Å². The number of hydrogen-bond donors (Lipinski definition) is 1. The van der Waals surface area contributed by atoms with E-state index in [1.165, 1.54) is 0 Å². The highest BCUT2D eigenvalue weighted by atomic mass is 79.9. The summed E-state index contributed by atoms with van der Waals surface area (Å²) in [5, 5.41) is 12.6. The molecule has 8 heteroatoms. The Morgan fingerprint density at radius 1 is 1.38 bits per heavy atom. The number of carbonyl (C=O) groups is 4. The van der Waals surface area contributed by atoms with Crippen LogP contribution in [0.3, 0.4) is 0 Å². The highest BCUT2D eigenvalue weighted by Crippen LogP contribution is 2.14. The average Bonchev–Trinajstić information content (AvgIpc) is 2.55. The fourth-order valence-electron chi connectivity index (χ4n) is 1.30. The van der Waals surface area contributed by atoms with Crippen LogP contribution in [0.1, 0.15) is 12.8 Å². The third kappa shape index (κ3) is 2.57. The predicted molar refractivity (Wildman–Crippen MR) is 51.8 cm³/mol. The van der Waals surface area contributed by atoms with Crippen molar-refractivity contribution in [3.8, 4) is 0 Å². The molecule has 1 saturated heterocycles. The molecule has 1 aliphatic heterocycles. The van der Waals surface area contributed by atoms with Crippen LogP contribution >= 0.6 is 15.9 Å². The van der Waals surface area contributed by atoms with E-state index in [2.05, 4.69) is 15.9 Å². The Morgan fingerprint density at radius 3 is 2.25 bits per heavy atom. The molecule has 88 valence electrons. The second-order valence-corrected chi connectivity index (χ2v) is 3.64. The molecule has 1 rings (SSSR count). The molecule has 1 atom stereocenters. The lowest BCUT2D eigenvalue weighted by Crippen LogP contribution is -2.59. The van der Waals surface area contributed by atoms with Gasteiger partial charge < -0.3 is 15.2 Å². The van der Waals surface area contributed by atoms with Gasteiger partial charge in [-0.25, -0.2) is 0 Å². The Hall–Kier alpha value is -1.44. The topological polar surface area (TPSA) is 107 Å². The number of nitrogens with zero attached hydrogens (tertiary/aromatic N) is 1. The smallest absolute Gasteiger partial charge is 0.232 e. The maximum Gasteiger partial charge on any atom is 0.232 e. The summed E-state index contributed by atoms with van der Waals surface area (Å²) in [6, 6.07) is 0. The van der Waals surface area contributed by atoms with Crippen LogP contribution in [0.25, 0.3) is 0 Å². The number of aliphatic carboxylic acids is 1. The zero-order valence-corrected chi connectivity index (χ0v) is 9.65. The number of hydrogen-bond acceptors (Lipinski definition) is 5. The van der Waals surface area contributed by atoms with Crippen LogP contribution < -0.4 is 10.4 Å². The second kappa shape index (κ2) is 5.06. The van der Waals surface area contributed by atoms with E-state index in [1.807, 2.05) is 5.32 Å². The number of rotatable bonds is 4. The average molecular weight is 292 g/mol. The van der Waals surface area contributed by atoms with Crippen molar-refractivity contribution in [3.05, 3.63) is 0 Å². The summed E-state index contributed by atoms with van der Waals surface area (Å²) in [4.78, 5) is 44.8. The zero-order chi connectivity index (χ0) is 12.3. The van der Waals surface area contributed by atoms with Gasteiger partial charge in [-0.2, -0.15) is 0 Å². The number of amides is 3. The van der Waals surface area contributed by atoms with Gasteiger partial charge in [0.05, 0.1) is 11.3 Å². The molecule has 0 aromatic rings. The van der Waals surface area contributed by atoms with E-state index >= 15 is 0 Å². The summed E-state index contributed by atoms with van der Waals surface area (Å²) in [5.41, 5.74) is 0. The quantitative estimate of drug-likeness (QED) is 0.464. The predicted octanol–water partition coefficient (Wildman–Crippen LogP) is -2.28. The summed E-state index contributed by atoms with van der Waals surface area (Å²) in [7, 11) is 0. The first-order chi connectivity index (χ1) is 7.47. The highest BCUT2D eigenvalue weighted by molar-refractivity contribution is 9.09. The Balaban J connectivity index is 2.85. The molecule has 0 aromatic carbocycles. The number of carbonyl (C=O) groups excluding carboxylic acids is 4. The molecule has 0 bridgehead atoms. The van der Waals surface area contributed by atoms with E-state index in [0.717, 1.165) is 0 Å². The van der Waals surface area contributed by atoms with Gasteiger partial charge in [0.2, 0.25) is 17.7 Å². The molecule has 0 saturated carbocycles. The maximum absolute atomic E-state index is 11.3. The van der Waals surface area contributed by atoms with Crippen molar-refractivity contribution in [2.45, 2.75) is 19.0 Å². The Morgan fingerprint density at radius 2 is 1.88 bits per heavy atom. The van der Waals surface area contributed by atoms with Gasteiger partial charge >= 0.3 is 0 Å². The fourth-order valence-corrected chi connectivity index (χ4v) is 1.46. The van der Waals surface area contributed by atoms with E-state index in [0.29, 0.717) is 4.90 Å². The zero-order valence-electron chi connectivity index (χ0n) is 8.07. The minimum absolute atomic E-state index is 0.0488. The van der Waals surface area contributed by atoms with Gasteiger partial charge in [0, 0.05) is 12.8 Å². The number of alkyl halides is 1. The van der Waals surface area contributed by atoms with Crippen molar-refractivity contribution in [3.63, 3.8) is 0 Å². The lowest BCUT2D eigenvalue weighted by Gasteiger charge is -2.27. The van der Waals surface area contributed by atoms with Gasteiger partial charge in [-0.3, -0.25) is 19.3 Å². The van der Waals surface area contributed by atoms with E-state index in [1.54, 1.807) is 0 Å². The van der Waals surface area contributed by atoms with Gasteiger partial charge in [-0.15, -0.1) is 0 Å². The van der Waals surface area contributed by atoms with E-state index in [-0.39, 0.29) is 18.2 Å². The van der Waals surface area contributed by atoms with Crippen LogP contribution in [0.2, 0.25) is 0 Å². The number of carboxylic acid groups (broad SMARTS) is 1. The molecule has 1 unspecified atom stereocenters. The molecule has 7 nitrogen and oxygen atoms in total. The summed E-state index contributed by atoms with van der Waals surface area (Å²) >= 11 is 2.82. The molecule has 16 heavy (non-hydrogen) atoms. The summed E-state index contributed by atoms with van der Waals surface area (Å²) in [6.07, 6.45) is -1.83. The standard InChI is InChI=1S/C8H9BrN2O5/c9-3-4(12)10-7(8(15)16)11-5(13)1-2-6(11)14/h7H,1-3H2,(H,10,12)(H,15,16)/p-1. The molecule has 0 radical (unpaired) electrons. The number of likely N-dealkylation sites (tertiary alicyclic amines) is 1. The van der Waals surface area contributed by atoms with Gasteiger partial charge in [0.25, 0.3) is 0 Å². The molecular weight excluding hydrogens is 284 g/mol. The third-order valence-corrected chi connectivity index (χ3v) is 2.50. The van der Waals surface area contributed by atoms with E-state index < -0.39 is 29.9 Å². The molecule has 3 amide bonds. The molecular formula is C8H8BrN2O5-. The van der Waals surface area contributed by atoms with E-state index in [9.17, 15) is 24.3 Å². The minimum atomic E-state index is -1.73. The molecule has 0 spiro atoms. The first-order valence-corrected chi connectivity index (χ1v) is 5.50. The van der Waals surface area contributed by atoms with Crippen molar-refractivity contribution >= 4 is 39.6 Å². The Labute approximate surface area is 98.9 Å². The number of carboxylic acids is 1. The third-order valence-electron chi connectivity index (χ3n) is 1.99. The van der Waals surface area contributed by atoms with Gasteiger partial charge in [0.1, 0.15) is 0 Å². The molecule has 1 heterocycles. The van der Waals surface area contributed by atoms with Crippen LogP contribution in [-0.4, -0.2) is 40.1 Å². The first kappa shape index (κ1) is 12.6. The molecule has 1 fully saturated rings. The molecule has 0 aromatic heterocycles. The molecule has 1 N–H and O–H groups in total. The van der Waals surface area contributed by atoms with Crippen molar-refractivity contribution in [1.82, 2.24) is 10.2 Å². The largest absolute Gasteiger partial charge is 0.546 e. The normalized spacial score (nSPS) is 17.4. The Kier molecular flexibility index (Phi) is 3.99. The highest BCUT2D eigenvalue weighted by Gasteiger charge is 2.36. The van der Waals surface area contributed by atoms with Gasteiger partial charge in [0.15, 0.2) is 6.17 Å². The summed E-state index contributed by atoms with van der Waals surface area (Å²) < 4.78 is 0. The van der Waals surface area contributed by atoms with Crippen molar-refractivity contribution in [2.75, 3.05) is 5.33 Å². The van der Waals surface area contributed by atoms with Crippen molar-refractivity contribution in [1.29, 1.82) is 0 Å². The fraction of sp³-hybridized carbons (Fsp3) is 0.500. The lowest BCUT2D eigenvalue weighted by atomic mass is 10.4. The van der Waals surface area contributed by atoms with Crippen LogP contribution in [0.5, 0.6) is 0 Å². The van der Waals surface area contributed by atoms with Crippen LogP contribution in [-0.2, 0) is 19.2 Å². The molecule has 0 aliphatic carbocycles. The second-order valence-electron chi connectivity index (χ2n) is 3.08. The van der Waals surface area contributed by atoms with E-state index in [4.69, 9.17) is 0 Å². The number of imide groups is 1. The van der Waals surface area contributed by atoms with Crippen molar-refractivity contribution in [2.24, 2.45) is 0 Å². The van der Waals surface area contributed by atoms with Crippen LogP contribution in [0.4, 0.5) is 0 Å². The molecule has 1 aliphatic rings. The first-order valence-electron chi connectivity index (χ1n) is 4.38. The Bertz CT molecular complexity index is 340. The van der Waals surface area contributed by atoms with Crippen LogP contribution in [0.15, 0.2) is 0 Å². The van der Waals surface area contributed by atoms with Crippen molar-refractivity contribution < 1.29 is 24.3 Å². The SMILES string of the molecule is O=C(CBr)NC(C(=O)[O-])N1C(=O)CCC1=O. The summed E-state index contributed by atoms with van der Waals surface area (Å²) in [6.45, 7) is 0. The monoisotopic (exact) mass is 291 g/mol. The van der Waals surface area contributed by atoms with Gasteiger partial charge in [-0.1, -0.05) is 15.9 Å². The number of halogens is 1. The lowest BCUT2D eigenvalue weighted by molar-refractivity contribution is -0.311. The maximum atomic E-state index is 11.3. The number of nitrogens with one attached hydrogen (secondary N) is 1. The minimum Gasteiger partial charge on any atom is -0.546 e. The summed E-state index contributed by atoms with van der Waals surface area (Å²) in [5.74, 6) is -3.61.